The highest BCUT2D eigenvalue weighted by molar-refractivity contribution is 5.70. The van der Waals surface area contributed by atoms with Crippen molar-refractivity contribution in [1.82, 2.24) is 0 Å². The second-order valence-corrected chi connectivity index (χ2v) is 6.82. The Morgan fingerprint density at radius 1 is 0.556 bits per heavy atom. The summed E-state index contributed by atoms with van der Waals surface area (Å²) in [4.78, 5) is 2.36. The summed E-state index contributed by atoms with van der Waals surface area (Å²) in [6.45, 7) is 2.98. The van der Waals surface area contributed by atoms with E-state index in [1.807, 2.05) is 0 Å². The summed E-state index contributed by atoms with van der Waals surface area (Å²) < 4.78 is 0. The molecule has 1 heteroatoms. The Labute approximate surface area is 161 Å². The molecule has 0 aromatic heterocycles. The summed E-state index contributed by atoms with van der Waals surface area (Å²) >= 11 is 0. The predicted molar refractivity (Wildman–Crippen MR) is 115 cm³/mol. The van der Waals surface area contributed by atoms with E-state index in [1.165, 1.54) is 33.6 Å². The minimum absolute atomic E-state index is 0.842. The molecule has 27 heavy (non-hydrogen) atoms. The minimum atomic E-state index is 0.842. The van der Waals surface area contributed by atoms with Crippen LogP contribution in [0.3, 0.4) is 0 Å². The summed E-state index contributed by atoms with van der Waals surface area (Å²) in [6, 6.07) is 38.7. The molecule has 0 radical (unpaired) electrons. The second kappa shape index (κ2) is 7.92. The summed E-state index contributed by atoms with van der Waals surface area (Å²) in [6.07, 6.45) is 0. The third-order valence-electron chi connectivity index (χ3n) is 4.78. The third-order valence-corrected chi connectivity index (χ3v) is 4.78. The van der Waals surface area contributed by atoms with E-state index in [0.717, 1.165) is 6.54 Å². The van der Waals surface area contributed by atoms with Crippen molar-refractivity contribution in [2.24, 2.45) is 0 Å². The van der Waals surface area contributed by atoms with Gasteiger partial charge in [-0.1, -0.05) is 90.5 Å². The summed E-state index contributed by atoms with van der Waals surface area (Å²) in [5.41, 5.74) is 7.48. The van der Waals surface area contributed by atoms with Crippen LogP contribution in [0.5, 0.6) is 0 Å². The van der Waals surface area contributed by atoms with Crippen LogP contribution in [0.1, 0.15) is 11.1 Å². The fourth-order valence-corrected chi connectivity index (χ4v) is 3.36. The molecule has 0 aliphatic carbocycles. The Bertz CT molecular complexity index is 989. The van der Waals surface area contributed by atoms with Crippen LogP contribution >= 0.6 is 0 Å². The lowest BCUT2D eigenvalue weighted by Crippen LogP contribution is -2.16. The zero-order valence-corrected chi connectivity index (χ0v) is 15.5. The van der Waals surface area contributed by atoms with E-state index in [-0.39, 0.29) is 0 Å². The number of aryl methyl sites for hydroxylation is 1. The van der Waals surface area contributed by atoms with Gasteiger partial charge >= 0.3 is 0 Å². The van der Waals surface area contributed by atoms with E-state index < -0.39 is 0 Å². The Balaban J connectivity index is 1.67. The highest BCUT2D eigenvalue weighted by Gasteiger charge is 2.10. The molecule has 4 aromatic carbocycles. The van der Waals surface area contributed by atoms with E-state index >= 15 is 0 Å². The zero-order chi connectivity index (χ0) is 18.5. The van der Waals surface area contributed by atoms with Crippen molar-refractivity contribution in [3.05, 3.63) is 120 Å². The molecule has 4 aromatic rings. The Hall–Kier alpha value is -3.32. The molecule has 0 saturated heterocycles. The van der Waals surface area contributed by atoms with Gasteiger partial charge in [0.2, 0.25) is 0 Å². The molecule has 0 unspecified atom stereocenters. The molecule has 0 aliphatic heterocycles. The zero-order valence-electron chi connectivity index (χ0n) is 15.5. The van der Waals surface area contributed by atoms with Gasteiger partial charge in [0.05, 0.1) is 0 Å². The number of anilines is 2. The van der Waals surface area contributed by atoms with Crippen LogP contribution in [0.4, 0.5) is 11.4 Å². The van der Waals surface area contributed by atoms with Gasteiger partial charge in [-0.25, -0.2) is 0 Å². The summed E-state index contributed by atoms with van der Waals surface area (Å²) in [7, 11) is 0. The number of hydrogen-bond donors (Lipinski definition) is 0. The molecule has 0 bridgehead atoms. The second-order valence-electron chi connectivity index (χ2n) is 6.82. The Morgan fingerprint density at radius 3 is 1.85 bits per heavy atom. The first kappa shape index (κ1) is 17.1. The van der Waals surface area contributed by atoms with Crippen LogP contribution in [0, 0.1) is 6.92 Å². The monoisotopic (exact) mass is 349 g/mol. The van der Waals surface area contributed by atoms with E-state index in [9.17, 15) is 0 Å². The van der Waals surface area contributed by atoms with Crippen molar-refractivity contribution in [2.75, 3.05) is 4.90 Å². The largest absolute Gasteiger partial charge is 0.337 e. The number of rotatable bonds is 5. The molecule has 0 fully saturated rings. The minimum Gasteiger partial charge on any atom is -0.337 e. The lowest BCUT2D eigenvalue weighted by molar-refractivity contribution is 0.975. The van der Waals surface area contributed by atoms with E-state index in [2.05, 4.69) is 121 Å². The molecule has 0 spiro atoms. The van der Waals surface area contributed by atoms with Gasteiger partial charge in [0.25, 0.3) is 0 Å². The predicted octanol–water partition coefficient (Wildman–Crippen LogP) is 7.00. The first-order valence-corrected chi connectivity index (χ1v) is 9.33. The maximum Gasteiger partial charge on any atom is 0.0481 e. The molecule has 0 heterocycles. The molecule has 0 amide bonds. The van der Waals surface area contributed by atoms with Crippen molar-refractivity contribution >= 4 is 11.4 Å². The van der Waals surface area contributed by atoms with Crippen molar-refractivity contribution in [2.45, 2.75) is 13.5 Å². The van der Waals surface area contributed by atoms with Crippen LogP contribution in [0.25, 0.3) is 11.1 Å². The SMILES string of the molecule is Cc1cccc(-c2ccc(N(Cc3ccccc3)c3ccccc3)cc2)c1. The average molecular weight is 349 g/mol. The van der Waals surface area contributed by atoms with Crippen molar-refractivity contribution < 1.29 is 0 Å². The highest BCUT2D eigenvalue weighted by Crippen LogP contribution is 2.30. The van der Waals surface area contributed by atoms with Crippen LogP contribution < -0.4 is 4.90 Å². The standard InChI is InChI=1S/C26H23N/c1-21-9-8-12-24(19-21)23-15-17-26(18-16-23)27(25-13-6-3-7-14-25)20-22-10-4-2-5-11-22/h2-19H,20H2,1H3. The van der Waals surface area contributed by atoms with Gasteiger partial charge in [-0.2, -0.15) is 0 Å². The Morgan fingerprint density at radius 2 is 1.19 bits per heavy atom. The molecule has 1 nitrogen and oxygen atoms in total. The van der Waals surface area contributed by atoms with Crippen molar-refractivity contribution in [3.63, 3.8) is 0 Å². The smallest absolute Gasteiger partial charge is 0.0481 e. The molecule has 132 valence electrons. The van der Waals surface area contributed by atoms with Gasteiger partial charge < -0.3 is 4.90 Å². The van der Waals surface area contributed by atoms with Gasteiger partial charge in [-0.3, -0.25) is 0 Å². The molecule has 0 saturated carbocycles. The molecule has 0 aliphatic rings. The number of benzene rings is 4. The average Bonchev–Trinajstić information content (AvgIpc) is 2.74. The molecule has 0 N–H and O–H groups in total. The normalized spacial score (nSPS) is 10.6. The third kappa shape index (κ3) is 4.09. The maximum absolute atomic E-state index is 2.36. The highest BCUT2D eigenvalue weighted by atomic mass is 15.1. The van der Waals surface area contributed by atoms with Crippen molar-refractivity contribution in [1.29, 1.82) is 0 Å². The first-order chi connectivity index (χ1) is 13.3. The van der Waals surface area contributed by atoms with Gasteiger partial charge in [-0.15, -0.1) is 0 Å². The van der Waals surface area contributed by atoms with Gasteiger partial charge in [0.15, 0.2) is 0 Å². The van der Waals surface area contributed by atoms with E-state index in [4.69, 9.17) is 0 Å². The van der Waals surface area contributed by atoms with E-state index in [0.29, 0.717) is 0 Å². The van der Waals surface area contributed by atoms with Crippen LogP contribution in [0.2, 0.25) is 0 Å². The summed E-state index contributed by atoms with van der Waals surface area (Å²) in [5, 5.41) is 0. The van der Waals surface area contributed by atoms with Crippen molar-refractivity contribution in [3.8, 4) is 11.1 Å². The number of para-hydroxylation sites is 1. The van der Waals surface area contributed by atoms with Crippen LogP contribution in [0.15, 0.2) is 109 Å². The fraction of sp³-hybridized carbons (Fsp3) is 0.0769. The Kier molecular flexibility index (Phi) is 5.02. The topological polar surface area (TPSA) is 3.24 Å². The van der Waals surface area contributed by atoms with Gasteiger partial charge in [-0.05, 0) is 47.9 Å². The quantitative estimate of drug-likeness (QED) is 0.375. The summed E-state index contributed by atoms with van der Waals surface area (Å²) in [5.74, 6) is 0. The first-order valence-electron chi connectivity index (χ1n) is 9.33. The molecule has 4 rings (SSSR count). The fourth-order valence-electron chi connectivity index (χ4n) is 3.36. The molecular weight excluding hydrogens is 326 g/mol. The van der Waals surface area contributed by atoms with Crippen LogP contribution in [-0.2, 0) is 6.54 Å². The molecule has 0 atom stereocenters. The lowest BCUT2D eigenvalue weighted by atomic mass is 10.0. The number of hydrogen-bond acceptors (Lipinski definition) is 1. The van der Waals surface area contributed by atoms with Gasteiger partial charge in [0.1, 0.15) is 0 Å². The van der Waals surface area contributed by atoms with Gasteiger partial charge in [0, 0.05) is 17.9 Å². The number of nitrogens with zero attached hydrogens (tertiary/aromatic N) is 1. The maximum atomic E-state index is 2.36. The van der Waals surface area contributed by atoms with Crippen LogP contribution in [-0.4, -0.2) is 0 Å². The van der Waals surface area contributed by atoms with E-state index in [1.54, 1.807) is 0 Å². The lowest BCUT2D eigenvalue weighted by Gasteiger charge is -2.25. The molecular formula is C26H23N.